The van der Waals surface area contributed by atoms with Crippen molar-refractivity contribution in [2.24, 2.45) is 13.0 Å². The van der Waals surface area contributed by atoms with Crippen molar-refractivity contribution in [2.75, 3.05) is 13.1 Å². The zero-order chi connectivity index (χ0) is 26.7. The Hall–Kier alpha value is -2.97. The maximum atomic E-state index is 12.7. The third kappa shape index (κ3) is 5.96. The van der Waals surface area contributed by atoms with Crippen LogP contribution in [0.15, 0.2) is 35.3 Å². The van der Waals surface area contributed by atoms with Crippen LogP contribution in [0.2, 0.25) is 0 Å². The monoisotopic (exact) mass is 507 g/mol. The summed E-state index contributed by atoms with van der Waals surface area (Å²) < 4.78 is 9.42. The average Bonchev–Trinajstić information content (AvgIpc) is 3.23. The molecule has 0 spiro atoms. The van der Waals surface area contributed by atoms with Gasteiger partial charge in [0.15, 0.2) is 0 Å². The maximum Gasteiger partial charge on any atom is 0.326 e. The molecule has 0 radical (unpaired) electrons. The molecule has 200 valence electrons. The molecule has 4 rings (SSSR count). The van der Waals surface area contributed by atoms with Gasteiger partial charge in [-0.05, 0) is 89.7 Å². The van der Waals surface area contributed by atoms with Gasteiger partial charge in [0.25, 0.3) is 5.56 Å². The topological polar surface area (TPSA) is 90.2 Å². The van der Waals surface area contributed by atoms with E-state index in [1.54, 1.807) is 11.6 Å². The summed E-state index contributed by atoms with van der Waals surface area (Å²) in [6.45, 7) is 12.9. The quantitative estimate of drug-likeness (QED) is 0.427. The number of hydrogen-bond donors (Lipinski definition) is 2. The zero-order valence-corrected chi connectivity index (χ0v) is 23.1. The van der Waals surface area contributed by atoms with Crippen LogP contribution in [0.4, 0.5) is 0 Å². The number of hydrogen-bond acceptors (Lipinski definition) is 6. The molecular formula is C29H41N5O3. The van der Waals surface area contributed by atoms with Crippen LogP contribution in [-0.4, -0.2) is 44.8 Å². The molecule has 0 aliphatic carbocycles. The van der Waals surface area contributed by atoms with Gasteiger partial charge in [-0.25, -0.2) is 4.98 Å². The fourth-order valence-electron chi connectivity index (χ4n) is 5.01. The predicted molar refractivity (Wildman–Crippen MR) is 148 cm³/mol. The molecule has 8 nitrogen and oxygen atoms in total. The number of benzene rings is 1. The number of rotatable bonds is 9. The first-order valence-corrected chi connectivity index (χ1v) is 13.4. The molecule has 0 saturated carbocycles. The Morgan fingerprint density at radius 3 is 2.76 bits per heavy atom. The van der Waals surface area contributed by atoms with Crippen molar-refractivity contribution in [3.8, 4) is 11.4 Å². The van der Waals surface area contributed by atoms with Crippen molar-refractivity contribution in [3.05, 3.63) is 51.9 Å². The highest BCUT2D eigenvalue weighted by atomic mass is 16.5. The lowest BCUT2D eigenvalue weighted by molar-refractivity contribution is -0.155. The molecular weight excluding hydrogens is 466 g/mol. The van der Waals surface area contributed by atoms with Crippen LogP contribution >= 0.6 is 0 Å². The molecule has 8 heteroatoms. The molecule has 1 saturated heterocycles. The highest BCUT2D eigenvalue weighted by Gasteiger charge is 2.33. The number of ether oxygens (including phenoxy) is 1. The number of nitrogens with zero attached hydrogens (tertiary/aromatic N) is 3. The van der Waals surface area contributed by atoms with Crippen molar-refractivity contribution >= 4 is 17.0 Å². The lowest BCUT2D eigenvalue weighted by Gasteiger charge is -2.28. The lowest BCUT2D eigenvalue weighted by atomic mass is 9.98. The maximum absolute atomic E-state index is 12.7. The van der Waals surface area contributed by atoms with E-state index < -0.39 is 5.54 Å². The van der Waals surface area contributed by atoms with Crippen molar-refractivity contribution < 1.29 is 9.53 Å². The molecule has 1 aromatic carbocycles. The smallest absolute Gasteiger partial charge is 0.326 e. The van der Waals surface area contributed by atoms with E-state index in [4.69, 9.17) is 9.72 Å². The van der Waals surface area contributed by atoms with Gasteiger partial charge >= 0.3 is 5.97 Å². The van der Waals surface area contributed by atoms with Gasteiger partial charge in [-0.2, -0.15) is 0 Å². The second kappa shape index (κ2) is 11.2. The number of pyridine rings is 1. The highest BCUT2D eigenvalue weighted by molar-refractivity contribution is 5.82. The van der Waals surface area contributed by atoms with E-state index in [-0.39, 0.29) is 17.6 Å². The number of piperidine rings is 1. The molecule has 1 aliphatic rings. The molecule has 2 atom stereocenters. The fourth-order valence-corrected chi connectivity index (χ4v) is 5.01. The van der Waals surface area contributed by atoms with Gasteiger partial charge in [-0.15, -0.1) is 0 Å². The summed E-state index contributed by atoms with van der Waals surface area (Å²) in [6.07, 6.45) is 4.71. The lowest BCUT2D eigenvalue weighted by Crippen LogP contribution is -2.50. The molecule has 2 aromatic heterocycles. The standard InChI is InChI=1S/C29H41N5O3/c1-7-29(5,28(36)37-19(2)3)31-16-21-10-11-25-24(14-21)32-26(23-13-20(4)27(35)33(6)18-23)34(25)17-22-9-8-12-30-15-22/h10-11,13-14,18-19,22,30-31H,7-9,12,15-17H2,1-6H3. The number of aryl methyl sites for hydroxylation is 2. The summed E-state index contributed by atoms with van der Waals surface area (Å²) in [5, 5.41) is 6.94. The van der Waals surface area contributed by atoms with Crippen LogP contribution in [-0.2, 0) is 29.7 Å². The minimum Gasteiger partial charge on any atom is -0.462 e. The van der Waals surface area contributed by atoms with Crippen LogP contribution in [0, 0.1) is 12.8 Å². The first kappa shape index (κ1) is 27.1. The highest BCUT2D eigenvalue weighted by Crippen LogP contribution is 2.28. The Bertz CT molecular complexity index is 1290. The van der Waals surface area contributed by atoms with Crippen LogP contribution in [0.25, 0.3) is 22.4 Å². The summed E-state index contributed by atoms with van der Waals surface area (Å²) in [4.78, 5) is 30.1. The average molecular weight is 508 g/mol. The molecule has 3 aromatic rings. The van der Waals surface area contributed by atoms with Gasteiger partial charge < -0.3 is 19.2 Å². The van der Waals surface area contributed by atoms with Crippen molar-refractivity contribution in [1.29, 1.82) is 0 Å². The number of nitrogens with one attached hydrogen (secondary N) is 2. The summed E-state index contributed by atoms with van der Waals surface area (Å²) in [5.74, 6) is 1.17. The number of carbonyl (C=O) groups excluding carboxylic acids is 1. The third-order valence-electron chi connectivity index (χ3n) is 7.46. The SMILES string of the molecule is CCC(C)(NCc1ccc2c(c1)nc(-c1cc(C)c(=O)n(C)c1)n2CC1CCCNC1)C(=O)OC(C)C. The minimum absolute atomic E-state index is 0.00576. The third-order valence-corrected chi connectivity index (χ3v) is 7.46. The molecule has 0 amide bonds. The van der Waals surface area contributed by atoms with Crippen LogP contribution < -0.4 is 16.2 Å². The Labute approximate surface area is 219 Å². The van der Waals surface area contributed by atoms with Gasteiger partial charge in [0.05, 0.1) is 17.1 Å². The predicted octanol–water partition coefficient (Wildman–Crippen LogP) is 3.92. The summed E-state index contributed by atoms with van der Waals surface area (Å²) in [6, 6.07) is 8.27. The number of fused-ring (bicyclic) bond motifs is 1. The van der Waals surface area contributed by atoms with E-state index in [0.717, 1.165) is 47.6 Å². The number of aromatic nitrogens is 3. The van der Waals surface area contributed by atoms with E-state index in [1.165, 1.54) is 12.8 Å². The Morgan fingerprint density at radius 2 is 2.11 bits per heavy atom. The van der Waals surface area contributed by atoms with Crippen LogP contribution in [0.1, 0.15) is 58.1 Å². The summed E-state index contributed by atoms with van der Waals surface area (Å²) >= 11 is 0. The molecule has 37 heavy (non-hydrogen) atoms. The first-order valence-electron chi connectivity index (χ1n) is 13.4. The van der Waals surface area contributed by atoms with Gasteiger partial charge in [0.2, 0.25) is 0 Å². The second-order valence-corrected chi connectivity index (χ2v) is 10.9. The molecule has 0 bridgehead atoms. The Kier molecular flexibility index (Phi) is 8.19. The first-order chi connectivity index (χ1) is 17.6. The Balaban J connectivity index is 1.68. The zero-order valence-electron chi connectivity index (χ0n) is 23.1. The van der Waals surface area contributed by atoms with E-state index in [2.05, 4.69) is 33.4 Å². The van der Waals surface area contributed by atoms with Crippen LogP contribution in [0.5, 0.6) is 0 Å². The second-order valence-electron chi connectivity index (χ2n) is 10.9. The van der Waals surface area contributed by atoms with Crippen molar-refractivity contribution in [3.63, 3.8) is 0 Å². The van der Waals surface area contributed by atoms with Gasteiger partial charge in [-0.3, -0.25) is 14.9 Å². The molecule has 1 aliphatic heterocycles. The van der Waals surface area contributed by atoms with E-state index in [1.807, 2.05) is 46.9 Å². The van der Waals surface area contributed by atoms with Crippen molar-refractivity contribution in [1.82, 2.24) is 24.8 Å². The largest absolute Gasteiger partial charge is 0.462 e. The van der Waals surface area contributed by atoms with Gasteiger partial charge in [-0.1, -0.05) is 13.0 Å². The number of carbonyl (C=O) groups is 1. The number of imidazole rings is 1. The number of esters is 1. The molecule has 2 unspecified atom stereocenters. The van der Waals surface area contributed by atoms with Crippen LogP contribution in [0.3, 0.4) is 0 Å². The van der Waals surface area contributed by atoms with E-state index in [0.29, 0.717) is 24.4 Å². The summed E-state index contributed by atoms with van der Waals surface area (Å²) in [5.41, 5.74) is 3.93. The minimum atomic E-state index is -0.760. The van der Waals surface area contributed by atoms with Gasteiger partial charge in [0.1, 0.15) is 11.4 Å². The Morgan fingerprint density at radius 1 is 1.32 bits per heavy atom. The molecule has 2 N–H and O–H groups in total. The van der Waals surface area contributed by atoms with E-state index >= 15 is 0 Å². The van der Waals surface area contributed by atoms with Crippen molar-refractivity contribution in [2.45, 2.75) is 78.6 Å². The summed E-state index contributed by atoms with van der Waals surface area (Å²) in [7, 11) is 1.79. The fraction of sp³-hybridized carbons (Fsp3) is 0.552. The van der Waals surface area contributed by atoms with E-state index in [9.17, 15) is 9.59 Å². The van der Waals surface area contributed by atoms with Gasteiger partial charge in [0, 0.05) is 37.5 Å². The molecule has 1 fully saturated rings. The molecule has 3 heterocycles. The normalized spacial score (nSPS) is 17.8.